The lowest BCUT2D eigenvalue weighted by Crippen LogP contribution is -2.71. The van der Waals surface area contributed by atoms with E-state index < -0.39 is 57.2 Å². The number of hydrogen-bond acceptors (Lipinski definition) is 12. The summed E-state index contributed by atoms with van der Waals surface area (Å²) >= 11 is 8.24. The van der Waals surface area contributed by atoms with Gasteiger partial charge in [0.1, 0.15) is 32.7 Å². The number of nitrogen functional groups attached to an aromatic ring is 1. The molecular weight excluding hydrogens is 702 g/mol. The molecule has 1 saturated heterocycles. The number of oxime groups is 1. The predicted molar refractivity (Wildman–Crippen MR) is 169 cm³/mol. The highest BCUT2D eigenvalue weighted by atomic mass is 35.5. The minimum absolute atomic E-state index is 0.00142. The number of anilines is 1. The van der Waals surface area contributed by atoms with Gasteiger partial charge in [-0.3, -0.25) is 14.5 Å². The van der Waals surface area contributed by atoms with Crippen LogP contribution in [0.1, 0.15) is 12.6 Å². The van der Waals surface area contributed by atoms with E-state index in [9.17, 15) is 32.7 Å². The van der Waals surface area contributed by atoms with Gasteiger partial charge in [-0.2, -0.15) is 13.0 Å². The van der Waals surface area contributed by atoms with Crippen molar-refractivity contribution in [2.24, 2.45) is 10.3 Å². The number of amides is 2. The van der Waals surface area contributed by atoms with Gasteiger partial charge in [-0.05, 0) is 13.0 Å². The molecule has 3 atom stereocenters. The third kappa shape index (κ3) is 7.18. The number of aromatic nitrogens is 3. The van der Waals surface area contributed by atoms with Crippen LogP contribution < -0.4 is 25.5 Å². The average molecular weight is 729 g/mol. The predicted octanol–water partition coefficient (Wildman–Crippen LogP) is -0.953. The van der Waals surface area contributed by atoms with Crippen LogP contribution in [-0.4, -0.2) is 92.4 Å². The molecule has 3 aromatic rings. The van der Waals surface area contributed by atoms with Gasteiger partial charge < -0.3 is 30.7 Å². The molecule has 8 N–H and O–H groups in total. The van der Waals surface area contributed by atoms with E-state index in [2.05, 4.69) is 20.2 Å². The summed E-state index contributed by atoms with van der Waals surface area (Å²) in [4.78, 5) is 60.3. The molecule has 3 aromatic heterocycles. The lowest BCUT2D eigenvalue weighted by molar-refractivity contribution is -0.663. The quantitative estimate of drug-likeness (QED) is 0.0538. The number of fused-ring (bicyclic) bond motifs is 2. The maximum atomic E-state index is 13.3. The van der Waals surface area contributed by atoms with Crippen molar-refractivity contribution in [3.05, 3.63) is 51.9 Å². The van der Waals surface area contributed by atoms with E-state index in [1.54, 1.807) is 24.5 Å². The van der Waals surface area contributed by atoms with Crippen LogP contribution in [0, 0.1) is 0 Å². The summed E-state index contributed by atoms with van der Waals surface area (Å²) < 4.78 is 28.3. The molecular formula is C25H27ClN9O9S3+. The molecule has 1 fully saturated rings. The molecule has 0 saturated carbocycles. The molecule has 5 rings (SSSR count). The lowest BCUT2D eigenvalue weighted by atomic mass is 10.0. The summed E-state index contributed by atoms with van der Waals surface area (Å²) in [6, 6.07) is 4.23. The summed E-state index contributed by atoms with van der Waals surface area (Å²) in [6.45, 7) is 1.66. The van der Waals surface area contributed by atoms with Gasteiger partial charge in [-0.25, -0.2) is 24.4 Å². The third-order valence-electron chi connectivity index (χ3n) is 7.06. The maximum Gasteiger partial charge on any atom is 0.352 e. The van der Waals surface area contributed by atoms with Crippen LogP contribution >= 0.6 is 34.7 Å². The Morgan fingerprint density at radius 2 is 2.06 bits per heavy atom. The molecule has 2 amide bonds. The van der Waals surface area contributed by atoms with Gasteiger partial charge >= 0.3 is 11.9 Å². The highest BCUT2D eigenvalue weighted by Crippen LogP contribution is 2.40. The van der Waals surface area contributed by atoms with E-state index in [0.29, 0.717) is 12.1 Å². The number of β-lactam (4-membered cyclic amide) rings is 1. The Morgan fingerprint density at radius 3 is 2.70 bits per heavy atom. The second kappa shape index (κ2) is 13.4. The summed E-state index contributed by atoms with van der Waals surface area (Å²) in [5.41, 5.74) is 6.72. The van der Waals surface area contributed by atoms with Gasteiger partial charge in [-0.1, -0.05) is 28.1 Å². The van der Waals surface area contributed by atoms with E-state index in [0.717, 1.165) is 27.3 Å². The number of carboxylic acid groups (broad SMARTS) is 2. The standard InChI is InChI=1S/C25H26ClN9O9S3/c1-11(23(38)39)44-32-16(15-19(26)46-25(27)31-15)20(36)30-17-21(37)35-18(24(40)41)12(10-45-22(17)35)9-34-6-2-3-13-14(34)4-7-33(13)8-5-29-47(28,42)43/h2-4,6-7,11,17,22,29H,5,8-10H2,1H3,(H6-,27,28,30,31,36,38,39,40,41,42,43)/p+1/t11-,17+,22+/m0/s1. The first kappa shape index (κ1) is 34.1. The number of carboxylic acids is 2. The summed E-state index contributed by atoms with van der Waals surface area (Å²) in [6.07, 6.45) is 2.08. The minimum Gasteiger partial charge on any atom is -0.478 e. The third-order valence-corrected chi connectivity index (χ3v) is 10.1. The zero-order valence-corrected chi connectivity index (χ0v) is 27.4. The molecule has 0 radical (unpaired) electrons. The van der Waals surface area contributed by atoms with E-state index in [-0.39, 0.29) is 39.7 Å². The van der Waals surface area contributed by atoms with Crippen LogP contribution in [0.3, 0.4) is 0 Å². The Labute approximate surface area is 279 Å². The number of thioether (sulfide) groups is 1. The van der Waals surface area contributed by atoms with Crippen molar-refractivity contribution in [1.82, 2.24) is 24.5 Å². The maximum absolute atomic E-state index is 13.3. The van der Waals surface area contributed by atoms with Crippen LogP contribution in [0.25, 0.3) is 11.0 Å². The number of hydrogen-bond donors (Lipinski definition) is 6. The molecule has 250 valence electrons. The minimum atomic E-state index is -3.85. The molecule has 2 aliphatic heterocycles. The first-order valence-electron chi connectivity index (χ1n) is 13.5. The van der Waals surface area contributed by atoms with Gasteiger partial charge in [0.05, 0.1) is 0 Å². The summed E-state index contributed by atoms with van der Waals surface area (Å²) in [7, 11) is -3.85. The molecule has 2 aliphatic rings. The van der Waals surface area contributed by atoms with Gasteiger partial charge in [0.2, 0.25) is 11.6 Å². The fourth-order valence-corrected chi connectivity index (χ4v) is 7.55. The van der Waals surface area contributed by atoms with Gasteiger partial charge in [-0.15, -0.1) is 11.8 Å². The van der Waals surface area contributed by atoms with E-state index in [1.807, 2.05) is 15.2 Å². The Kier molecular flexibility index (Phi) is 9.75. The number of nitrogens with two attached hydrogens (primary N) is 2. The van der Waals surface area contributed by atoms with Crippen LogP contribution in [0.2, 0.25) is 4.34 Å². The number of nitrogens with zero attached hydrogens (tertiary/aromatic N) is 5. The number of carbonyl (C=O) groups is 4. The van der Waals surface area contributed by atoms with Crippen molar-refractivity contribution in [2.45, 2.75) is 37.5 Å². The van der Waals surface area contributed by atoms with E-state index in [1.165, 1.54) is 18.7 Å². The molecule has 18 nitrogen and oxygen atoms in total. The zero-order valence-electron chi connectivity index (χ0n) is 24.2. The Bertz CT molecular complexity index is 1960. The average Bonchev–Trinajstić information content (AvgIpc) is 3.56. The number of halogens is 1. The van der Waals surface area contributed by atoms with Crippen molar-refractivity contribution >= 4 is 90.5 Å². The number of carbonyl (C=O) groups excluding carboxylic acids is 2. The van der Waals surface area contributed by atoms with Gasteiger partial charge in [0, 0.05) is 42.7 Å². The molecule has 0 aliphatic carbocycles. The highest BCUT2D eigenvalue weighted by Gasteiger charge is 2.55. The van der Waals surface area contributed by atoms with Crippen LogP contribution in [0.4, 0.5) is 5.13 Å². The van der Waals surface area contributed by atoms with Gasteiger partial charge in [0.15, 0.2) is 23.6 Å². The van der Waals surface area contributed by atoms with Gasteiger partial charge in [0.25, 0.3) is 22.0 Å². The molecule has 0 spiro atoms. The van der Waals surface area contributed by atoms with Crippen molar-refractivity contribution in [3.63, 3.8) is 0 Å². The fourth-order valence-electron chi connectivity index (χ4n) is 4.91. The SMILES string of the molecule is C[C@H](ON=C(C(=O)N[C@@H]1C(=O)N2C(C(=O)O)=C(C[n+]3cccc4c3ccn4CCNS(N)(=O)=O)CS[C@H]12)c1nc(N)sc1Cl)C(=O)O. The van der Waals surface area contributed by atoms with Crippen molar-refractivity contribution in [2.75, 3.05) is 18.0 Å². The highest BCUT2D eigenvalue weighted by molar-refractivity contribution is 8.00. The summed E-state index contributed by atoms with van der Waals surface area (Å²) in [5, 5.41) is 29.7. The van der Waals surface area contributed by atoms with Crippen LogP contribution in [0.5, 0.6) is 0 Å². The topological polar surface area (TPSA) is 266 Å². The molecule has 5 heterocycles. The van der Waals surface area contributed by atoms with Crippen LogP contribution in [-0.2, 0) is 47.3 Å². The fraction of sp³-hybridized carbons (Fsp3) is 0.320. The number of nitrogens with one attached hydrogen (secondary N) is 2. The first-order valence-corrected chi connectivity index (χ1v) is 17.3. The summed E-state index contributed by atoms with van der Waals surface area (Å²) in [5.74, 6) is -4.13. The van der Waals surface area contributed by atoms with Crippen molar-refractivity contribution in [1.29, 1.82) is 0 Å². The lowest BCUT2D eigenvalue weighted by Gasteiger charge is -2.49. The number of thiazole rings is 1. The molecule has 47 heavy (non-hydrogen) atoms. The number of rotatable bonds is 13. The Hall–Kier alpha value is -4.28. The Morgan fingerprint density at radius 1 is 1.32 bits per heavy atom. The molecule has 0 bridgehead atoms. The number of pyridine rings is 1. The van der Waals surface area contributed by atoms with Crippen molar-refractivity contribution in [3.8, 4) is 0 Å². The molecule has 0 aromatic carbocycles. The first-order chi connectivity index (χ1) is 22.2. The smallest absolute Gasteiger partial charge is 0.352 e. The van der Waals surface area contributed by atoms with Crippen LogP contribution in [0.15, 0.2) is 47.0 Å². The van der Waals surface area contributed by atoms with E-state index >= 15 is 0 Å². The number of aliphatic carboxylic acids is 2. The second-order valence-corrected chi connectivity index (χ2v) is 14.3. The normalized spacial score (nSPS) is 18.9. The van der Waals surface area contributed by atoms with Crippen molar-refractivity contribution < 1.29 is 47.2 Å². The monoisotopic (exact) mass is 728 g/mol. The second-order valence-electron chi connectivity index (χ2n) is 10.2. The largest absolute Gasteiger partial charge is 0.478 e. The van der Waals surface area contributed by atoms with E-state index in [4.69, 9.17) is 32.4 Å². The molecule has 0 unspecified atom stereocenters. The Balaban J connectivity index is 1.36. The zero-order chi connectivity index (χ0) is 34.2. The molecule has 22 heteroatoms.